The summed E-state index contributed by atoms with van der Waals surface area (Å²) in [6.45, 7) is 8.84. The molecule has 2 aromatic carbocycles. The van der Waals surface area contributed by atoms with Gasteiger partial charge in [-0.25, -0.2) is 4.99 Å². The Balaban J connectivity index is 2.17. The van der Waals surface area contributed by atoms with Gasteiger partial charge in [0.2, 0.25) is 0 Å². The molecule has 0 saturated carbocycles. The van der Waals surface area contributed by atoms with E-state index in [0.717, 1.165) is 17.0 Å². The molecule has 0 fully saturated rings. The van der Waals surface area contributed by atoms with E-state index >= 15 is 0 Å². The smallest absolute Gasteiger partial charge is 0.190 e. The molecule has 116 valence electrons. The Hall–Kier alpha value is -2.39. The summed E-state index contributed by atoms with van der Waals surface area (Å²) in [6.07, 6.45) is 1.92. The van der Waals surface area contributed by atoms with E-state index in [4.69, 9.17) is 4.99 Å². The second kappa shape index (κ2) is 6.80. The number of thiazole rings is 1. The Kier molecular flexibility index (Phi) is 4.58. The van der Waals surface area contributed by atoms with E-state index in [-0.39, 0.29) is 0 Å². The van der Waals surface area contributed by atoms with Crippen LogP contribution in [0.1, 0.15) is 11.1 Å². The van der Waals surface area contributed by atoms with E-state index in [1.807, 2.05) is 12.1 Å². The van der Waals surface area contributed by atoms with Gasteiger partial charge in [0.15, 0.2) is 4.80 Å². The monoisotopic (exact) mass is 320 g/mol. The lowest BCUT2D eigenvalue weighted by atomic mass is 10.1. The summed E-state index contributed by atoms with van der Waals surface area (Å²) >= 11 is 1.67. The van der Waals surface area contributed by atoms with E-state index in [1.54, 1.807) is 11.3 Å². The molecule has 0 saturated heterocycles. The van der Waals surface area contributed by atoms with E-state index in [2.05, 4.69) is 72.8 Å². The van der Waals surface area contributed by atoms with Gasteiger partial charge in [0.05, 0.1) is 11.4 Å². The molecule has 0 aliphatic heterocycles. The summed E-state index contributed by atoms with van der Waals surface area (Å²) in [7, 11) is 0. The fraction of sp³-hybridized carbons (Fsp3) is 0.150. The van der Waals surface area contributed by atoms with Crippen LogP contribution in [0.15, 0.2) is 71.6 Å². The van der Waals surface area contributed by atoms with Gasteiger partial charge in [-0.3, -0.25) is 0 Å². The Labute approximate surface area is 141 Å². The van der Waals surface area contributed by atoms with Crippen molar-refractivity contribution in [3.63, 3.8) is 0 Å². The summed E-state index contributed by atoms with van der Waals surface area (Å²) in [4.78, 5) is 5.90. The maximum absolute atomic E-state index is 4.90. The van der Waals surface area contributed by atoms with Gasteiger partial charge in [-0.2, -0.15) is 0 Å². The summed E-state index contributed by atoms with van der Waals surface area (Å²) in [5.41, 5.74) is 5.83. The van der Waals surface area contributed by atoms with Crippen LogP contribution in [0, 0.1) is 13.8 Å². The lowest BCUT2D eigenvalue weighted by Gasteiger charge is -2.07. The average molecular weight is 320 g/mol. The van der Waals surface area contributed by atoms with Crippen LogP contribution in [0.4, 0.5) is 5.69 Å². The fourth-order valence-electron chi connectivity index (χ4n) is 2.51. The van der Waals surface area contributed by atoms with Gasteiger partial charge in [-0.15, -0.1) is 17.9 Å². The number of rotatable bonds is 4. The van der Waals surface area contributed by atoms with Crippen molar-refractivity contribution in [3.05, 3.63) is 82.5 Å². The molecule has 3 heteroatoms. The van der Waals surface area contributed by atoms with Gasteiger partial charge in [-0.1, -0.05) is 48.5 Å². The van der Waals surface area contributed by atoms with Gasteiger partial charge in [-0.05, 0) is 36.6 Å². The topological polar surface area (TPSA) is 17.3 Å². The summed E-state index contributed by atoms with van der Waals surface area (Å²) in [5.74, 6) is 0. The Morgan fingerprint density at radius 1 is 1.13 bits per heavy atom. The van der Waals surface area contributed by atoms with Crippen molar-refractivity contribution < 1.29 is 0 Å². The first-order valence-electron chi connectivity index (χ1n) is 7.65. The second-order valence-corrected chi connectivity index (χ2v) is 6.41. The van der Waals surface area contributed by atoms with E-state index in [0.29, 0.717) is 0 Å². The number of hydrogen-bond donors (Lipinski definition) is 0. The number of hydrogen-bond acceptors (Lipinski definition) is 2. The summed E-state index contributed by atoms with van der Waals surface area (Å²) in [5, 5.41) is 2.17. The minimum Gasteiger partial charge on any atom is -0.313 e. The molecule has 0 N–H and O–H groups in total. The average Bonchev–Trinajstić information content (AvgIpc) is 2.95. The molecular formula is C20H20N2S. The molecule has 2 nitrogen and oxygen atoms in total. The number of aromatic nitrogens is 1. The summed E-state index contributed by atoms with van der Waals surface area (Å²) < 4.78 is 2.22. The van der Waals surface area contributed by atoms with Crippen molar-refractivity contribution in [2.75, 3.05) is 0 Å². The minimum atomic E-state index is 0.747. The van der Waals surface area contributed by atoms with Gasteiger partial charge in [0, 0.05) is 11.9 Å². The molecule has 0 radical (unpaired) electrons. The highest BCUT2D eigenvalue weighted by atomic mass is 32.1. The van der Waals surface area contributed by atoms with Gasteiger partial charge in [0.25, 0.3) is 0 Å². The zero-order valence-corrected chi connectivity index (χ0v) is 14.3. The second-order valence-electron chi connectivity index (χ2n) is 5.57. The first-order chi connectivity index (χ1) is 11.2. The quantitative estimate of drug-likeness (QED) is 0.584. The van der Waals surface area contributed by atoms with Crippen LogP contribution in [0.3, 0.4) is 0 Å². The van der Waals surface area contributed by atoms with Gasteiger partial charge < -0.3 is 4.57 Å². The number of nitrogens with zero attached hydrogens (tertiary/aromatic N) is 2. The molecular weight excluding hydrogens is 300 g/mol. The molecule has 1 heterocycles. The van der Waals surface area contributed by atoms with Crippen LogP contribution in [0.5, 0.6) is 0 Å². The Bertz CT molecular complexity index is 886. The lowest BCUT2D eigenvalue weighted by Crippen LogP contribution is -2.14. The van der Waals surface area contributed by atoms with E-state index in [9.17, 15) is 0 Å². The zero-order chi connectivity index (χ0) is 16.2. The normalized spacial score (nSPS) is 11.7. The van der Waals surface area contributed by atoms with Gasteiger partial charge >= 0.3 is 0 Å². The molecule has 0 aliphatic rings. The summed E-state index contributed by atoms with van der Waals surface area (Å²) in [6, 6.07) is 16.8. The van der Waals surface area contributed by atoms with Crippen molar-refractivity contribution in [1.29, 1.82) is 0 Å². The Morgan fingerprint density at radius 2 is 1.91 bits per heavy atom. The Morgan fingerprint density at radius 3 is 2.65 bits per heavy atom. The number of benzene rings is 2. The predicted octanol–water partition coefficient (Wildman–Crippen LogP) is 5.25. The SMILES string of the molecule is C=CCn1c(-c2ccccc2)csc1=Nc1cc(C)ccc1C. The molecule has 0 atom stereocenters. The highest BCUT2D eigenvalue weighted by molar-refractivity contribution is 7.07. The molecule has 1 aromatic heterocycles. The van der Waals surface area contributed by atoms with Gasteiger partial charge in [0.1, 0.15) is 0 Å². The third kappa shape index (κ3) is 3.35. The van der Waals surface area contributed by atoms with Crippen LogP contribution in [0.25, 0.3) is 11.3 Å². The molecule has 0 aliphatic carbocycles. The van der Waals surface area contributed by atoms with Crippen LogP contribution in [0.2, 0.25) is 0 Å². The third-order valence-corrected chi connectivity index (χ3v) is 4.62. The molecule has 0 unspecified atom stereocenters. The highest BCUT2D eigenvalue weighted by Gasteiger charge is 2.07. The highest BCUT2D eigenvalue weighted by Crippen LogP contribution is 2.22. The van der Waals surface area contributed by atoms with Crippen LogP contribution in [-0.2, 0) is 6.54 Å². The molecule has 3 aromatic rings. The lowest BCUT2D eigenvalue weighted by molar-refractivity contribution is 0.800. The molecule has 23 heavy (non-hydrogen) atoms. The van der Waals surface area contributed by atoms with Crippen LogP contribution >= 0.6 is 11.3 Å². The van der Waals surface area contributed by atoms with Crippen molar-refractivity contribution in [2.24, 2.45) is 4.99 Å². The minimum absolute atomic E-state index is 0.747. The predicted molar refractivity (Wildman–Crippen MR) is 99.1 cm³/mol. The standard InChI is InChI=1S/C20H20N2S/c1-4-12-22-19(17-8-6-5-7-9-17)14-23-20(22)21-18-13-15(2)10-11-16(18)3/h4-11,13-14H,1,12H2,2-3H3. The molecule has 0 spiro atoms. The van der Waals surface area contributed by atoms with E-state index < -0.39 is 0 Å². The molecule has 0 amide bonds. The van der Waals surface area contributed by atoms with Crippen molar-refractivity contribution in [3.8, 4) is 11.3 Å². The zero-order valence-electron chi connectivity index (χ0n) is 13.5. The first kappa shape index (κ1) is 15.5. The largest absolute Gasteiger partial charge is 0.313 e. The molecule has 3 rings (SSSR count). The van der Waals surface area contributed by atoms with Crippen LogP contribution < -0.4 is 4.80 Å². The maximum atomic E-state index is 4.90. The first-order valence-corrected chi connectivity index (χ1v) is 8.53. The number of allylic oxidation sites excluding steroid dienone is 1. The third-order valence-electron chi connectivity index (χ3n) is 3.76. The molecule has 0 bridgehead atoms. The van der Waals surface area contributed by atoms with Crippen molar-refractivity contribution in [1.82, 2.24) is 4.57 Å². The van der Waals surface area contributed by atoms with Crippen molar-refractivity contribution >= 4 is 17.0 Å². The van der Waals surface area contributed by atoms with Crippen LogP contribution in [-0.4, -0.2) is 4.57 Å². The number of aryl methyl sites for hydroxylation is 2. The maximum Gasteiger partial charge on any atom is 0.190 e. The van der Waals surface area contributed by atoms with Crippen molar-refractivity contribution in [2.45, 2.75) is 20.4 Å². The van der Waals surface area contributed by atoms with E-state index in [1.165, 1.54) is 22.4 Å². The fourth-order valence-corrected chi connectivity index (χ4v) is 3.44.